The molecule has 10 heteroatoms. The van der Waals surface area contributed by atoms with Gasteiger partial charge in [0.2, 0.25) is 0 Å². The van der Waals surface area contributed by atoms with Gasteiger partial charge in [0, 0.05) is 22.5 Å². The van der Waals surface area contributed by atoms with Crippen molar-refractivity contribution in [2.45, 2.75) is 10.9 Å². The van der Waals surface area contributed by atoms with Crippen molar-refractivity contribution >= 4 is 44.9 Å². The Bertz CT molecular complexity index is 1490. The predicted octanol–water partition coefficient (Wildman–Crippen LogP) is 5.40. The summed E-state index contributed by atoms with van der Waals surface area (Å²) in [5.41, 5.74) is 2.49. The van der Waals surface area contributed by atoms with Crippen LogP contribution in [0.15, 0.2) is 64.5 Å². The maximum absolute atomic E-state index is 12.7. The van der Waals surface area contributed by atoms with E-state index >= 15 is 0 Å². The highest BCUT2D eigenvalue weighted by molar-refractivity contribution is 7.98. The van der Waals surface area contributed by atoms with Crippen molar-refractivity contribution in [3.63, 3.8) is 0 Å². The Morgan fingerprint density at radius 2 is 1.82 bits per heavy atom. The number of thioether (sulfide) groups is 1. The monoisotopic (exact) mass is 495 g/mol. The van der Waals surface area contributed by atoms with E-state index in [9.17, 15) is 4.79 Å². The molecule has 3 heterocycles. The van der Waals surface area contributed by atoms with Crippen LogP contribution in [0.4, 0.5) is 0 Å². The Kier molecular flexibility index (Phi) is 5.92. The third-order valence-electron chi connectivity index (χ3n) is 5.08. The number of hydrogen-bond acceptors (Lipinski definition) is 7. The summed E-state index contributed by atoms with van der Waals surface area (Å²) in [5, 5.41) is 9.98. The molecule has 0 amide bonds. The average molecular weight is 496 g/mol. The summed E-state index contributed by atoms with van der Waals surface area (Å²) in [6, 6.07) is 17.2. The fourth-order valence-electron chi connectivity index (χ4n) is 3.38. The van der Waals surface area contributed by atoms with Crippen molar-refractivity contribution in [3.05, 3.63) is 75.8 Å². The number of H-pyrrole nitrogens is 1. The number of rotatable bonds is 6. The van der Waals surface area contributed by atoms with Gasteiger partial charge in [0.15, 0.2) is 11.0 Å². The number of methoxy groups -OCH3 is 1. The Balaban J connectivity index is 1.37. The van der Waals surface area contributed by atoms with E-state index in [4.69, 9.17) is 16.3 Å². The highest BCUT2D eigenvalue weighted by atomic mass is 35.5. The van der Waals surface area contributed by atoms with Crippen LogP contribution in [0, 0.1) is 0 Å². The molecule has 0 saturated carbocycles. The van der Waals surface area contributed by atoms with Crippen molar-refractivity contribution in [1.29, 1.82) is 0 Å². The molecular formula is C23H18ClN5O2S2. The van der Waals surface area contributed by atoms with Gasteiger partial charge in [0.1, 0.15) is 16.3 Å². The van der Waals surface area contributed by atoms with E-state index in [0.717, 1.165) is 32.7 Å². The number of aromatic amines is 1. The largest absolute Gasteiger partial charge is 0.497 e. The number of halogens is 1. The van der Waals surface area contributed by atoms with Gasteiger partial charge in [-0.3, -0.25) is 4.79 Å². The van der Waals surface area contributed by atoms with E-state index in [1.807, 2.05) is 66.2 Å². The summed E-state index contributed by atoms with van der Waals surface area (Å²) in [4.78, 5) is 21.2. The van der Waals surface area contributed by atoms with Gasteiger partial charge in [-0.25, -0.2) is 4.98 Å². The van der Waals surface area contributed by atoms with E-state index < -0.39 is 0 Å². The normalized spacial score (nSPS) is 11.2. The Hall–Kier alpha value is -3.14. The van der Waals surface area contributed by atoms with E-state index in [0.29, 0.717) is 26.8 Å². The van der Waals surface area contributed by atoms with Crippen molar-refractivity contribution in [1.82, 2.24) is 24.7 Å². The second-order valence-electron chi connectivity index (χ2n) is 7.23. The molecular weight excluding hydrogens is 478 g/mol. The minimum atomic E-state index is -0.139. The maximum Gasteiger partial charge on any atom is 0.268 e. The molecule has 0 saturated heterocycles. The molecule has 0 aliphatic heterocycles. The van der Waals surface area contributed by atoms with E-state index in [-0.39, 0.29) is 5.56 Å². The molecule has 0 unspecified atom stereocenters. The fraction of sp³-hybridized carbons (Fsp3) is 0.130. The summed E-state index contributed by atoms with van der Waals surface area (Å²) in [6.45, 7) is 0. The van der Waals surface area contributed by atoms with Crippen molar-refractivity contribution in [3.8, 4) is 27.6 Å². The molecule has 5 rings (SSSR count). The van der Waals surface area contributed by atoms with Gasteiger partial charge in [-0.15, -0.1) is 21.5 Å². The molecule has 166 valence electrons. The zero-order valence-corrected chi connectivity index (χ0v) is 20.1. The van der Waals surface area contributed by atoms with Gasteiger partial charge >= 0.3 is 0 Å². The minimum absolute atomic E-state index is 0.139. The van der Waals surface area contributed by atoms with Crippen LogP contribution in [0.2, 0.25) is 5.02 Å². The summed E-state index contributed by atoms with van der Waals surface area (Å²) in [7, 11) is 3.54. The highest BCUT2D eigenvalue weighted by Crippen LogP contribution is 2.32. The van der Waals surface area contributed by atoms with Gasteiger partial charge in [-0.2, -0.15) is 0 Å². The number of aromatic nitrogens is 5. The lowest BCUT2D eigenvalue weighted by molar-refractivity contribution is 0.415. The average Bonchev–Trinajstić information content (AvgIpc) is 3.42. The zero-order chi connectivity index (χ0) is 22.9. The Labute approximate surface area is 202 Å². The van der Waals surface area contributed by atoms with Gasteiger partial charge < -0.3 is 14.3 Å². The second-order valence-corrected chi connectivity index (χ2v) is 9.66. The lowest BCUT2D eigenvalue weighted by Gasteiger charge is -2.04. The topological polar surface area (TPSA) is 85.7 Å². The summed E-state index contributed by atoms with van der Waals surface area (Å²) < 4.78 is 7.74. The number of nitrogens with zero attached hydrogens (tertiary/aromatic N) is 4. The van der Waals surface area contributed by atoms with Crippen LogP contribution in [0.1, 0.15) is 5.82 Å². The highest BCUT2D eigenvalue weighted by Gasteiger charge is 2.14. The molecule has 0 atom stereocenters. The van der Waals surface area contributed by atoms with Crippen LogP contribution in [0.3, 0.4) is 0 Å². The van der Waals surface area contributed by atoms with Crippen LogP contribution in [0.5, 0.6) is 5.75 Å². The van der Waals surface area contributed by atoms with Crippen LogP contribution in [-0.4, -0.2) is 31.8 Å². The lowest BCUT2D eigenvalue weighted by atomic mass is 10.2. The van der Waals surface area contributed by atoms with Crippen molar-refractivity contribution < 1.29 is 4.74 Å². The third-order valence-corrected chi connectivity index (χ3v) is 7.54. The molecule has 0 aliphatic carbocycles. The van der Waals surface area contributed by atoms with Crippen LogP contribution >= 0.6 is 34.7 Å². The standard InChI is InChI=1S/C23H18ClN5O2S2/c1-29-21(14-3-7-15(24)8-4-14)27-28-23(29)32-12-19-25-17-11-18(33-20(17)22(30)26-19)13-5-9-16(31-2)10-6-13/h3-11H,12H2,1-2H3,(H,25,26,30). The summed E-state index contributed by atoms with van der Waals surface area (Å²) >= 11 is 8.87. The molecule has 0 aliphatic rings. The SMILES string of the molecule is COc1ccc(-c2cc3nc(CSc4nnc(-c5ccc(Cl)cc5)n4C)[nH]c(=O)c3s2)cc1. The Morgan fingerprint density at radius 1 is 1.09 bits per heavy atom. The molecule has 0 bridgehead atoms. The summed E-state index contributed by atoms with van der Waals surface area (Å²) in [6.07, 6.45) is 0. The first-order chi connectivity index (χ1) is 16.0. The van der Waals surface area contributed by atoms with E-state index in [2.05, 4.69) is 20.2 Å². The fourth-order valence-corrected chi connectivity index (χ4v) is 5.28. The molecule has 0 fully saturated rings. The number of ether oxygens (including phenoxy) is 1. The van der Waals surface area contributed by atoms with Gasteiger partial charge in [0.25, 0.3) is 5.56 Å². The molecule has 1 N–H and O–H groups in total. The van der Waals surface area contributed by atoms with Gasteiger partial charge in [0.05, 0.1) is 18.4 Å². The van der Waals surface area contributed by atoms with E-state index in [1.54, 1.807) is 7.11 Å². The number of thiophene rings is 1. The first-order valence-electron chi connectivity index (χ1n) is 9.97. The quantitative estimate of drug-likeness (QED) is 0.317. The second kappa shape index (κ2) is 9.01. The molecule has 33 heavy (non-hydrogen) atoms. The van der Waals surface area contributed by atoms with Crippen LogP contribution in [0.25, 0.3) is 32.0 Å². The van der Waals surface area contributed by atoms with Crippen molar-refractivity contribution in [2.24, 2.45) is 7.05 Å². The zero-order valence-electron chi connectivity index (χ0n) is 17.7. The summed E-state index contributed by atoms with van der Waals surface area (Å²) in [5.74, 6) is 2.59. The molecule has 3 aromatic heterocycles. The smallest absolute Gasteiger partial charge is 0.268 e. The van der Waals surface area contributed by atoms with Gasteiger partial charge in [-0.1, -0.05) is 23.4 Å². The number of benzene rings is 2. The first-order valence-corrected chi connectivity index (χ1v) is 12.1. The lowest BCUT2D eigenvalue weighted by Crippen LogP contribution is -2.09. The Morgan fingerprint density at radius 3 is 2.55 bits per heavy atom. The molecule has 7 nitrogen and oxygen atoms in total. The third kappa shape index (κ3) is 4.39. The number of hydrogen-bond donors (Lipinski definition) is 1. The minimum Gasteiger partial charge on any atom is -0.497 e. The number of fused-ring (bicyclic) bond motifs is 1. The molecule has 5 aromatic rings. The maximum atomic E-state index is 12.7. The first kappa shape index (κ1) is 21.7. The van der Waals surface area contributed by atoms with Crippen molar-refractivity contribution in [2.75, 3.05) is 7.11 Å². The van der Waals surface area contributed by atoms with Gasteiger partial charge in [-0.05, 0) is 60.2 Å². The molecule has 2 aromatic carbocycles. The molecule has 0 radical (unpaired) electrons. The van der Waals surface area contributed by atoms with Crippen LogP contribution in [-0.2, 0) is 12.8 Å². The number of nitrogens with one attached hydrogen (secondary N) is 1. The van der Waals surface area contributed by atoms with Crippen LogP contribution < -0.4 is 10.3 Å². The predicted molar refractivity (Wildman–Crippen MR) is 133 cm³/mol. The van der Waals surface area contributed by atoms with E-state index in [1.165, 1.54) is 23.1 Å². The molecule has 0 spiro atoms.